The van der Waals surface area contributed by atoms with Crippen molar-refractivity contribution >= 4 is 44.9 Å². The van der Waals surface area contributed by atoms with Crippen molar-refractivity contribution in [3.05, 3.63) is 61.5 Å². The third-order valence-electron chi connectivity index (χ3n) is 3.51. The molecule has 3 nitrogen and oxygen atoms in total. The quantitative estimate of drug-likeness (QED) is 0.742. The number of benzene rings is 1. The monoisotopic (exact) mass is 350 g/mol. The molecule has 3 rings (SSSR count). The molecule has 0 fully saturated rings. The molecule has 0 saturated heterocycles. The first-order valence-electron chi connectivity index (χ1n) is 6.85. The number of H-pyrrole nitrogens is 1. The minimum absolute atomic E-state index is 0.0334. The summed E-state index contributed by atoms with van der Waals surface area (Å²) in [5.41, 5.74) is 2.21. The van der Waals surface area contributed by atoms with Gasteiger partial charge in [0.2, 0.25) is 0 Å². The van der Waals surface area contributed by atoms with E-state index in [9.17, 15) is 4.79 Å². The maximum absolute atomic E-state index is 12.2. The molecular weight excluding hydrogens is 336 g/mol. The summed E-state index contributed by atoms with van der Waals surface area (Å²) in [7, 11) is 0. The number of thiophene rings is 1. The van der Waals surface area contributed by atoms with Crippen molar-refractivity contribution in [2.45, 2.75) is 25.4 Å². The number of nitrogens with zero attached hydrogens (tertiary/aromatic N) is 1. The summed E-state index contributed by atoms with van der Waals surface area (Å²) in [4.78, 5) is 21.7. The van der Waals surface area contributed by atoms with Crippen LogP contribution in [0, 0.1) is 13.8 Å². The highest BCUT2D eigenvalue weighted by Gasteiger charge is 2.11. The zero-order valence-electron chi connectivity index (χ0n) is 12.3. The van der Waals surface area contributed by atoms with Crippen LogP contribution in [0.15, 0.2) is 29.1 Å². The molecule has 1 N–H and O–H groups in total. The van der Waals surface area contributed by atoms with E-state index in [1.54, 1.807) is 23.1 Å². The van der Waals surface area contributed by atoms with E-state index in [1.165, 1.54) is 5.56 Å². The number of nitrogens with one attached hydrogen (secondary N) is 1. The van der Waals surface area contributed by atoms with Crippen molar-refractivity contribution in [1.82, 2.24) is 9.97 Å². The molecule has 3 aromatic rings. The second kappa shape index (κ2) is 6.44. The molecule has 0 unspecified atom stereocenters. The molecule has 0 aliphatic heterocycles. The van der Waals surface area contributed by atoms with Gasteiger partial charge in [0.25, 0.3) is 5.56 Å². The molecular formula is C16H15ClN2OS2. The number of thioether (sulfide) groups is 1. The second-order valence-electron chi connectivity index (χ2n) is 5.10. The highest BCUT2D eigenvalue weighted by Crippen LogP contribution is 2.26. The molecule has 114 valence electrons. The Labute approximate surface area is 141 Å². The van der Waals surface area contributed by atoms with Crippen LogP contribution < -0.4 is 5.56 Å². The van der Waals surface area contributed by atoms with Gasteiger partial charge < -0.3 is 4.98 Å². The van der Waals surface area contributed by atoms with Crippen molar-refractivity contribution in [3.8, 4) is 0 Å². The van der Waals surface area contributed by atoms with Crippen LogP contribution in [0.4, 0.5) is 0 Å². The smallest absolute Gasteiger partial charge is 0.259 e. The van der Waals surface area contributed by atoms with E-state index >= 15 is 0 Å². The molecule has 0 radical (unpaired) electrons. The summed E-state index contributed by atoms with van der Waals surface area (Å²) in [6.45, 7) is 4.00. The predicted octanol–water partition coefficient (Wildman–Crippen LogP) is 4.69. The molecule has 0 spiro atoms. The number of halogens is 1. The Balaban J connectivity index is 1.74. The first kappa shape index (κ1) is 15.6. The Kier molecular flexibility index (Phi) is 4.57. The van der Waals surface area contributed by atoms with Gasteiger partial charge in [0.15, 0.2) is 0 Å². The van der Waals surface area contributed by atoms with Gasteiger partial charge >= 0.3 is 0 Å². The topological polar surface area (TPSA) is 45.8 Å². The van der Waals surface area contributed by atoms with Crippen LogP contribution in [0.1, 0.15) is 21.8 Å². The van der Waals surface area contributed by atoms with E-state index in [-0.39, 0.29) is 5.56 Å². The Morgan fingerprint density at radius 3 is 2.68 bits per heavy atom. The van der Waals surface area contributed by atoms with E-state index in [0.717, 1.165) is 37.3 Å². The first-order chi connectivity index (χ1) is 10.5. The summed E-state index contributed by atoms with van der Waals surface area (Å²) in [6, 6.07) is 7.81. The lowest BCUT2D eigenvalue weighted by Crippen LogP contribution is -2.10. The zero-order chi connectivity index (χ0) is 15.7. The SMILES string of the molecule is Cc1sc2nc(CSCc3ccc(Cl)cc3)[nH]c(=O)c2c1C. The van der Waals surface area contributed by atoms with Crippen LogP contribution >= 0.6 is 34.7 Å². The Morgan fingerprint density at radius 1 is 1.23 bits per heavy atom. The molecule has 2 heterocycles. The Morgan fingerprint density at radius 2 is 1.95 bits per heavy atom. The van der Waals surface area contributed by atoms with Gasteiger partial charge in [-0.15, -0.1) is 23.1 Å². The number of aromatic nitrogens is 2. The van der Waals surface area contributed by atoms with Crippen molar-refractivity contribution in [2.75, 3.05) is 0 Å². The summed E-state index contributed by atoms with van der Waals surface area (Å²) in [6.07, 6.45) is 0. The average Bonchev–Trinajstić information content (AvgIpc) is 2.76. The maximum Gasteiger partial charge on any atom is 0.259 e. The number of aromatic amines is 1. The molecule has 22 heavy (non-hydrogen) atoms. The summed E-state index contributed by atoms with van der Waals surface area (Å²) < 4.78 is 0. The molecule has 0 aliphatic carbocycles. The summed E-state index contributed by atoms with van der Waals surface area (Å²) in [5.74, 6) is 2.28. The second-order valence-corrected chi connectivity index (χ2v) is 7.72. The Hall–Kier alpha value is -1.30. The van der Waals surface area contributed by atoms with Gasteiger partial charge in [-0.05, 0) is 37.1 Å². The number of hydrogen-bond acceptors (Lipinski definition) is 4. The van der Waals surface area contributed by atoms with Crippen LogP contribution in [-0.4, -0.2) is 9.97 Å². The van der Waals surface area contributed by atoms with E-state index < -0.39 is 0 Å². The lowest BCUT2D eigenvalue weighted by Gasteiger charge is -2.03. The van der Waals surface area contributed by atoms with Crippen LogP contribution in [-0.2, 0) is 11.5 Å². The number of fused-ring (bicyclic) bond motifs is 1. The average molecular weight is 351 g/mol. The van der Waals surface area contributed by atoms with E-state index in [0.29, 0.717) is 5.75 Å². The summed E-state index contributed by atoms with van der Waals surface area (Å²) in [5, 5.41) is 1.47. The highest BCUT2D eigenvalue weighted by molar-refractivity contribution is 7.97. The third-order valence-corrected chi connectivity index (χ3v) is 5.88. The predicted molar refractivity (Wildman–Crippen MR) is 96.2 cm³/mol. The van der Waals surface area contributed by atoms with Gasteiger partial charge in [-0.1, -0.05) is 23.7 Å². The number of aryl methyl sites for hydroxylation is 2. The van der Waals surface area contributed by atoms with E-state index in [2.05, 4.69) is 9.97 Å². The molecule has 0 bridgehead atoms. The number of rotatable bonds is 4. The van der Waals surface area contributed by atoms with Crippen molar-refractivity contribution < 1.29 is 0 Å². The molecule has 0 amide bonds. The fraction of sp³-hybridized carbons (Fsp3) is 0.250. The minimum atomic E-state index is -0.0334. The van der Waals surface area contributed by atoms with Gasteiger partial charge in [0.05, 0.1) is 11.1 Å². The fourth-order valence-corrected chi connectivity index (χ4v) is 4.25. The molecule has 0 aliphatic rings. The van der Waals surface area contributed by atoms with Crippen LogP contribution in [0.3, 0.4) is 0 Å². The minimum Gasteiger partial charge on any atom is -0.309 e. The van der Waals surface area contributed by atoms with Gasteiger partial charge in [-0.2, -0.15) is 0 Å². The van der Waals surface area contributed by atoms with Crippen LogP contribution in [0.25, 0.3) is 10.2 Å². The lowest BCUT2D eigenvalue weighted by atomic mass is 10.2. The summed E-state index contributed by atoms with van der Waals surface area (Å²) >= 11 is 9.18. The van der Waals surface area contributed by atoms with Gasteiger partial charge in [0.1, 0.15) is 10.7 Å². The van der Waals surface area contributed by atoms with Crippen molar-refractivity contribution in [1.29, 1.82) is 0 Å². The van der Waals surface area contributed by atoms with Crippen molar-refractivity contribution in [3.63, 3.8) is 0 Å². The van der Waals surface area contributed by atoms with Gasteiger partial charge in [0, 0.05) is 15.7 Å². The van der Waals surface area contributed by atoms with Crippen LogP contribution in [0.2, 0.25) is 5.02 Å². The normalized spacial score (nSPS) is 11.2. The molecule has 6 heteroatoms. The Bertz CT molecular complexity index is 868. The third kappa shape index (κ3) is 3.21. The lowest BCUT2D eigenvalue weighted by molar-refractivity contribution is 1.04. The van der Waals surface area contributed by atoms with Gasteiger partial charge in [-0.3, -0.25) is 4.79 Å². The molecule has 0 atom stereocenters. The fourth-order valence-electron chi connectivity index (χ4n) is 2.21. The first-order valence-corrected chi connectivity index (χ1v) is 9.20. The van der Waals surface area contributed by atoms with E-state index in [1.807, 2.05) is 38.1 Å². The van der Waals surface area contributed by atoms with Crippen molar-refractivity contribution in [2.24, 2.45) is 0 Å². The molecule has 0 saturated carbocycles. The molecule has 1 aromatic carbocycles. The largest absolute Gasteiger partial charge is 0.309 e. The highest BCUT2D eigenvalue weighted by atomic mass is 35.5. The van der Waals surface area contributed by atoms with Gasteiger partial charge in [-0.25, -0.2) is 4.98 Å². The van der Waals surface area contributed by atoms with E-state index in [4.69, 9.17) is 11.6 Å². The zero-order valence-corrected chi connectivity index (χ0v) is 14.7. The van der Waals surface area contributed by atoms with Crippen LogP contribution in [0.5, 0.6) is 0 Å². The maximum atomic E-state index is 12.2. The number of hydrogen-bond donors (Lipinski definition) is 1. The standard InChI is InChI=1S/C16H15ClN2OS2/c1-9-10(2)22-16-14(9)15(20)18-13(19-16)8-21-7-11-3-5-12(17)6-4-11/h3-6H,7-8H2,1-2H3,(H,18,19,20). The molecule has 2 aromatic heterocycles.